The molecule has 75 heavy (non-hydrogen) atoms. The number of benzene rings is 1. The van der Waals surface area contributed by atoms with Gasteiger partial charge in [-0.05, 0) is 82.1 Å². The molecule has 2 aliphatic rings. The molecule has 0 fully saturated rings. The number of carbonyl (C=O) groups excluding carboxylic acids is 3. The van der Waals surface area contributed by atoms with E-state index in [4.69, 9.17) is 87.4 Å². The number of carboxylic acid groups (broad SMARTS) is 2. The van der Waals surface area contributed by atoms with Crippen LogP contribution in [-0.2, 0) is 60.4 Å². The van der Waals surface area contributed by atoms with Crippen LogP contribution in [0.4, 0.5) is 11.4 Å². The summed E-state index contributed by atoms with van der Waals surface area (Å²) in [6.45, 7) is 19.6. The Labute approximate surface area is 474 Å². The number of allylic oxidation sites excluding steroid dienone is 3. The molecule has 1 radical (unpaired) electrons. The van der Waals surface area contributed by atoms with Crippen molar-refractivity contribution in [2.75, 3.05) is 114 Å². The second-order valence-corrected chi connectivity index (χ2v) is 16.1. The van der Waals surface area contributed by atoms with Gasteiger partial charge in [-0.3, -0.25) is 19.8 Å². The van der Waals surface area contributed by atoms with Crippen molar-refractivity contribution in [3.63, 3.8) is 0 Å². The third-order valence-corrected chi connectivity index (χ3v) is 10.9. The van der Waals surface area contributed by atoms with Gasteiger partial charge in [-0.25, -0.2) is 4.99 Å². The molecule has 3 heterocycles. The minimum atomic E-state index is -1.08. The maximum absolute atomic E-state index is 12.4. The summed E-state index contributed by atoms with van der Waals surface area (Å²) in [4.78, 5) is 54.8. The zero-order valence-corrected chi connectivity index (χ0v) is 47.3. The molecule has 21 heteroatoms. The van der Waals surface area contributed by atoms with Gasteiger partial charge in [0.15, 0.2) is 11.5 Å². The fourth-order valence-electron chi connectivity index (χ4n) is 7.18. The molecule has 1 N–H and O–H groups in total. The fraction of sp³-hybridized carbons (Fsp3) is 0.537. The first-order valence-electron chi connectivity index (χ1n) is 24.6. The number of hydrogen-bond acceptors (Lipinski definition) is 19. The summed E-state index contributed by atoms with van der Waals surface area (Å²) in [6.07, 6.45) is 10.9. The van der Waals surface area contributed by atoms with E-state index in [0.29, 0.717) is 120 Å². The van der Waals surface area contributed by atoms with Crippen LogP contribution in [0.2, 0.25) is 0 Å². The number of aliphatic carboxylic acids is 2. The summed E-state index contributed by atoms with van der Waals surface area (Å²) in [5.41, 5.74) is 11.1. The van der Waals surface area contributed by atoms with Gasteiger partial charge >= 0.3 is 45.9 Å². The number of aromatic nitrogens is 1. The van der Waals surface area contributed by atoms with Crippen LogP contribution in [0.25, 0.3) is 12.2 Å². The Bertz CT molecular complexity index is 2300. The van der Waals surface area contributed by atoms with Crippen molar-refractivity contribution in [2.45, 2.75) is 80.1 Å². The van der Waals surface area contributed by atoms with E-state index in [0.717, 1.165) is 72.5 Å². The van der Waals surface area contributed by atoms with E-state index in [-0.39, 0.29) is 72.2 Å². The Balaban J connectivity index is 0.00000291. The van der Waals surface area contributed by atoms with E-state index >= 15 is 0 Å². The van der Waals surface area contributed by atoms with E-state index in [1.165, 1.54) is 18.2 Å². The Morgan fingerprint density at radius 1 is 0.720 bits per heavy atom. The Morgan fingerprint density at radius 2 is 1.19 bits per heavy atom. The van der Waals surface area contributed by atoms with Gasteiger partial charge in [0.25, 0.3) is 0 Å². The molecule has 415 valence electrons. The van der Waals surface area contributed by atoms with Crippen LogP contribution < -0.4 is 24.7 Å². The number of nitrogens with zero attached hydrogens (tertiary/aromatic N) is 5. The fourth-order valence-corrected chi connectivity index (χ4v) is 7.18. The summed E-state index contributed by atoms with van der Waals surface area (Å²) in [5.74, 6) is -1.60. The predicted molar refractivity (Wildman–Crippen MR) is 281 cm³/mol. The number of esters is 1. The molecule has 0 unspecified atom stereocenters. The number of carboxylic acids is 2. The maximum Gasteiger partial charge on any atom is 3.00 e. The number of aliphatic hydroxyl groups excluding tert-OH is 1. The standard InChI is InChI=1S/C50H70N5O11.2C2H4O2.Gd/c1-9-38-39(10-2)42(54-41(38)11-3)29-43-40(14-15-50(57)60-8)36(5)47(55-43)34-53-45-31-49(66-28-26-64-24-22-62-20-18-59-7)48(65-27-25-63-23-21-61-19-17-58-6)30-44(45)52-33-46-35(4)37(32-51-46)13-12-16-56;2*1-2(3)4;/h11,29-31,33-34,56H,3,9-10,12-28,32H2,1-2,4-8H3;2*1H3,(H,3,4);/q-1;;;+3/p-2. The molecule has 1 aromatic heterocycles. The number of ether oxygens (including phenoxy) is 9. The summed E-state index contributed by atoms with van der Waals surface area (Å²) in [6, 6.07) is 3.58. The van der Waals surface area contributed by atoms with Crippen LogP contribution in [-0.4, -0.2) is 161 Å². The quantitative estimate of drug-likeness (QED) is 0.0563. The Morgan fingerprint density at radius 3 is 1.64 bits per heavy atom. The largest absolute Gasteiger partial charge is 3.00 e. The molecule has 2 aliphatic heterocycles. The van der Waals surface area contributed by atoms with E-state index < -0.39 is 11.9 Å². The summed E-state index contributed by atoms with van der Waals surface area (Å²) in [7, 11) is 4.65. The molecule has 0 atom stereocenters. The molecular formula is C54H76GdN5O15. The molecule has 2 aromatic rings. The minimum Gasteiger partial charge on any atom is -0.657 e. The second-order valence-electron chi connectivity index (χ2n) is 16.1. The minimum absolute atomic E-state index is 0. The maximum atomic E-state index is 12.4. The monoisotopic (exact) mass is 1190 g/mol. The molecule has 0 spiro atoms. The zero-order valence-electron chi connectivity index (χ0n) is 45.1. The van der Waals surface area contributed by atoms with Crippen molar-refractivity contribution < 1.29 is 112 Å². The number of methoxy groups -OCH3 is 3. The third kappa shape index (κ3) is 26.2. The van der Waals surface area contributed by atoms with Crippen molar-refractivity contribution in [1.29, 1.82) is 0 Å². The molecule has 0 amide bonds. The van der Waals surface area contributed by atoms with Gasteiger partial charge in [0.1, 0.15) is 13.2 Å². The van der Waals surface area contributed by atoms with E-state index in [2.05, 4.69) is 20.4 Å². The Kier molecular flexibility index (Phi) is 36.8. The molecular weight excluding hydrogens is 1120 g/mol. The molecule has 20 nitrogen and oxygen atoms in total. The van der Waals surface area contributed by atoms with Gasteiger partial charge < -0.3 is 72.5 Å². The smallest absolute Gasteiger partial charge is 0.657 e. The van der Waals surface area contributed by atoms with Crippen molar-refractivity contribution >= 4 is 65.3 Å². The van der Waals surface area contributed by atoms with E-state index in [9.17, 15) is 9.90 Å². The number of carbonyl (C=O) groups is 3. The van der Waals surface area contributed by atoms with E-state index in [1.807, 2.05) is 19.9 Å². The van der Waals surface area contributed by atoms with Crippen LogP contribution in [0.3, 0.4) is 0 Å². The number of rotatable bonds is 34. The topological polar surface area (TPSA) is 264 Å². The van der Waals surface area contributed by atoms with Crippen LogP contribution in [0.15, 0.2) is 66.7 Å². The van der Waals surface area contributed by atoms with Gasteiger partial charge in [0.2, 0.25) is 0 Å². The Hall–Kier alpha value is -4.81. The van der Waals surface area contributed by atoms with E-state index in [1.54, 1.807) is 44.9 Å². The normalized spacial score (nSPS) is 13.6. The summed E-state index contributed by atoms with van der Waals surface area (Å²) >= 11 is 0. The van der Waals surface area contributed by atoms with Gasteiger partial charge in [0, 0.05) is 51.3 Å². The third-order valence-electron chi connectivity index (χ3n) is 10.9. The molecule has 0 bridgehead atoms. The van der Waals surface area contributed by atoms with Crippen molar-refractivity contribution in [2.24, 2.45) is 20.0 Å². The predicted octanol–water partition coefficient (Wildman–Crippen LogP) is 4.75. The van der Waals surface area contributed by atoms with Crippen molar-refractivity contribution in [3.05, 3.63) is 69.2 Å². The molecule has 0 saturated carbocycles. The zero-order chi connectivity index (χ0) is 54.7. The number of aliphatic hydroxyl groups is 1. The first-order chi connectivity index (χ1) is 35.7. The van der Waals surface area contributed by atoms with Crippen LogP contribution >= 0.6 is 0 Å². The summed E-state index contributed by atoms with van der Waals surface area (Å²) in [5, 5.41) is 27.2. The van der Waals surface area contributed by atoms with Gasteiger partial charge in [-0.2, -0.15) is 0 Å². The first-order valence-corrected chi connectivity index (χ1v) is 24.6. The van der Waals surface area contributed by atoms with Crippen molar-refractivity contribution in [1.82, 2.24) is 4.98 Å². The molecule has 0 aliphatic carbocycles. The van der Waals surface area contributed by atoms with Crippen LogP contribution in [0.1, 0.15) is 89.7 Å². The van der Waals surface area contributed by atoms with Gasteiger partial charge in [0.05, 0.1) is 121 Å². The summed E-state index contributed by atoms with van der Waals surface area (Å²) < 4.78 is 50.2. The average molecular weight is 1190 g/mol. The second kappa shape index (κ2) is 40.4. The van der Waals surface area contributed by atoms with Gasteiger partial charge in [-0.1, -0.05) is 37.1 Å². The van der Waals surface area contributed by atoms with Crippen molar-refractivity contribution in [3.8, 4) is 11.5 Å². The van der Waals surface area contributed by atoms with Crippen LogP contribution in [0.5, 0.6) is 11.5 Å². The number of hydrogen-bond donors (Lipinski definition) is 1. The molecule has 0 saturated heterocycles. The number of aliphatic imine (C=N–C) groups is 4. The van der Waals surface area contributed by atoms with Crippen LogP contribution in [0, 0.1) is 39.9 Å². The molecule has 4 rings (SSSR count). The average Bonchev–Trinajstić information content (AvgIpc) is 4.01. The first kappa shape index (κ1) is 68.2. The van der Waals surface area contributed by atoms with Gasteiger partial charge in [-0.15, -0.1) is 18.0 Å². The molecule has 1 aromatic carbocycles. The SMILES string of the molecule is C=Cc1[n-]c(/C=C2/N=C(C=Nc3cc(OCCOCCOCCOC)c(OCCOCCOCCOC)cc3N=CC3=NCC(CCCO)=C3C)C(C)=C2CCC(=O)OC)c(CC)c1CC.CC(=O)[O-].CC(=O)[O-].[Gd+3].